The van der Waals surface area contributed by atoms with Gasteiger partial charge in [-0.15, -0.1) is 0 Å². The molecular formula is C15H19FN2O. The quantitative estimate of drug-likeness (QED) is 0.787. The lowest BCUT2D eigenvalue weighted by atomic mass is 10.2. The highest BCUT2D eigenvalue weighted by atomic mass is 19.1. The van der Waals surface area contributed by atoms with Crippen LogP contribution in [0.3, 0.4) is 0 Å². The summed E-state index contributed by atoms with van der Waals surface area (Å²) < 4.78 is 20.3. The average molecular weight is 262 g/mol. The molecule has 0 N–H and O–H groups in total. The van der Waals surface area contributed by atoms with Crippen LogP contribution in [-0.2, 0) is 6.61 Å². The van der Waals surface area contributed by atoms with Crippen LogP contribution < -0.4 is 4.74 Å². The van der Waals surface area contributed by atoms with Gasteiger partial charge in [0.25, 0.3) is 0 Å². The standard InChI is InChI=1S/C15H19FN2O/c1-3-14(4-2)18-10-9-13(17-18)11-19-15-7-5-12(16)6-8-15/h5-10,14H,3-4,11H2,1-2H3. The van der Waals surface area contributed by atoms with Gasteiger partial charge in [0.15, 0.2) is 0 Å². The van der Waals surface area contributed by atoms with E-state index < -0.39 is 0 Å². The molecule has 0 aliphatic carbocycles. The normalized spacial score (nSPS) is 10.9. The molecule has 0 aliphatic heterocycles. The van der Waals surface area contributed by atoms with Gasteiger partial charge in [0.1, 0.15) is 18.2 Å². The molecule has 0 spiro atoms. The monoisotopic (exact) mass is 262 g/mol. The highest BCUT2D eigenvalue weighted by Gasteiger charge is 2.08. The third-order valence-corrected chi connectivity index (χ3v) is 3.18. The minimum Gasteiger partial charge on any atom is -0.487 e. The Kier molecular flexibility index (Phi) is 4.55. The van der Waals surface area contributed by atoms with Crippen molar-refractivity contribution in [1.82, 2.24) is 9.78 Å². The zero-order chi connectivity index (χ0) is 13.7. The maximum Gasteiger partial charge on any atom is 0.132 e. The van der Waals surface area contributed by atoms with Crippen molar-refractivity contribution in [3.05, 3.63) is 48.0 Å². The van der Waals surface area contributed by atoms with E-state index in [2.05, 4.69) is 18.9 Å². The van der Waals surface area contributed by atoms with Gasteiger partial charge >= 0.3 is 0 Å². The molecule has 102 valence electrons. The van der Waals surface area contributed by atoms with Crippen LogP contribution in [0.1, 0.15) is 38.4 Å². The number of aromatic nitrogens is 2. The van der Waals surface area contributed by atoms with Crippen molar-refractivity contribution >= 4 is 0 Å². The summed E-state index contributed by atoms with van der Waals surface area (Å²) in [6, 6.07) is 8.41. The smallest absolute Gasteiger partial charge is 0.132 e. The first-order chi connectivity index (χ1) is 9.22. The third kappa shape index (κ3) is 3.56. The Morgan fingerprint density at radius 2 is 1.84 bits per heavy atom. The first-order valence-electron chi connectivity index (χ1n) is 6.65. The van der Waals surface area contributed by atoms with Gasteiger partial charge < -0.3 is 4.74 Å². The van der Waals surface area contributed by atoms with Crippen LogP contribution in [0.4, 0.5) is 4.39 Å². The van der Waals surface area contributed by atoms with Crippen LogP contribution in [0.5, 0.6) is 5.75 Å². The van der Waals surface area contributed by atoms with E-state index in [1.807, 2.05) is 16.9 Å². The fraction of sp³-hybridized carbons (Fsp3) is 0.400. The van der Waals surface area contributed by atoms with Gasteiger partial charge in [0.05, 0.1) is 11.7 Å². The first-order valence-corrected chi connectivity index (χ1v) is 6.65. The molecular weight excluding hydrogens is 243 g/mol. The molecule has 1 aromatic carbocycles. The summed E-state index contributed by atoms with van der Waals surface area (Å²) in [5.41, 5.74) is 0.885. The summed E-state index contributed by atoms with van der Waals surface area (Å²) in [7, 11) is 0. The molecule has 0 atom stereocenters. The molecule has 1 heterocycles. The molecule has 0 fully saturated rings. The molecule has 1 aromatic heterocycles. The number of nitrogens with zero attached hydrogens (tertiary/aromatic N) is 2. The molecule has 3 nitrogen and oxygen atoms in total. The third-order valence-electron chi connectivity index (χ3n) is 3.18. The highest BCUT2D eigenvalue weighted by molar-refractivity contribution is 5.22. The van der Waals surface area contributed by atoms with Crippen LogP contribution in [0.15, 0.2) is 36.5 Å². The van der Waals surface area contributed by atoms with Crippen molar-refractivity contribution in [2.45, 2.75) is 39.3 Å². The SMILES string of the molecule is CCC(CC)n1ccc(COc2ccc(F)cc2)n1. The Balaban J connectivity index is 1.95. The van der Waals surface area contributed by atoms with Gasteiger partial charge in [-0.25, -0.2) is 4.39 Å². The van der Waals surface area contributed by atoms with E-state index in [4.69, 9.17) is 4.74 Å². The summed E-state index contributed by atoms with van der Waals surface area (Å²) >= 11 is 0. The minimum absolute atomic E-state index is 0.259. The van der Waals surface area contributed by atoms with Crippen molar-refractivity contribution in [3.8, 4) is 5.75 Å². The second-order valence-electron chi connectivity index (χ2n) is 4.50. The van der Waals surface area contributed by atoms with Gasteiger partial charge in [-0.3, -0.25) is 4.68 Å². The Morgan fingerprint density at radius 1 is 1.16 bits per heavy atom. The molecule has 19 heavy (non-hydrogen) atoms. The Hall–Kier alpha value is -1.84. The molecule has 0 bridgehead atoms. The lowest BCUT2D eigenvalue weighted by Gasteiger charge is -2.12. The molecule has 0 saturated carbocycles. The van der Waals surface area contributed by atoms with E-state index in [0.717, 1.165) is 18.5 Å². The van der Waals surface area contributed by atoms with Crippen LogP contribution in [-0.4, -0.2) is 9.78 Å². The summed E-state index contributed by atoms with van der Waals surface area (Å²) in [4.78, 5) is 0. The summed E-state index contributed by atoms with van der Waals surface area (Å²) in [5, 5.41) is 4.50. The van der Waals surface area contributed by atoms with Gasteiger partial charge in [-0.05, 0) is 43.2 Å². The van der Waals surface area contributed by atoms with E-state index in [1.54, 1.807) is 12.1 Å². The number of hydrogen-bond acceptors (Lipinski definition) is 2. The zero-order valence-corrected chi connectivity index (χ0v) is 11.3. The van der Waals surface area contributed by atoms with E-state index in [0.29, 0.717) is 18.4 Å². The lowest BCUT2D eigenvalue weighted by molar-refractivity contribution is 0.296. The molecule has 2 rings (SSSR count). The topological polar surface area (TPSA) is 27.1 Å². The molecule has 0 aliphatic rings. The maximum atomic E-state index is 12.7. The molecule has 0 radical (unpaired) electrons. The Labute approximate surface area is 113 Å². The fourth-order valence-electron chi connectivity index (χ4n) is 2.01. The summed E-state index contributed by atoms with van der Waals surface area (Å²) in [5.74, 6) is 0.392. The van der Waals surface area contributed by atoms with Crippen LogP contribution in [0.25, 0.3) is 0 Å². The predicted octanol–water partition coefficient (Wildman–Crippen LogP) is 3.96. The number of benzene rings is 1. The maximum absolute atomic E-state index is 12.7. The zero-order valence-electron chi connectivity index (χ0n) is 11.3. The van der Waals surface area contributed by atoms with Gasteiger partial charge in [0, 0.05) is 6.20 Å². The average Bonchev–Trinajstić information content (AvgIpc) is 2.88. The van der Waals surface area contributed by atoms with Crippen LogP contribution in [0, 0.1) is 5.82 Å². The number of halogens is 1. The largest absolute Gasteiger partial charge is 0.487 e. The molecule has 2 aromatic rings. The summed E-state index contributed by atoms with van der Waals surface area (Å²) in [6.45, 7) is 4.72. The van der Waals surface area contributed by atoms with E-state index in [9.17, 15) is 4.39 Å². The predicted molar refractivity (Wildman–Crippen MR) is 72.6 cm³/mol. The van der Waals surface area contributed by atoms with Crippen molar-refractivity contribution in [2.75, 3.05) is 0 Å². The highest BCUT2D eigenvalue weighted by Crippen LogP contribution is 2.16. The number of hydrogen-bond donors (Lipinski definition) is 0. The van der Waals surface area contributed by atoms with Crippen molar-refractivity contribution in [3.63, 3.8) is 0 Å². The van der Waals surface area contributed by atoms with Gasteiger partial charge in [-0.2, -0.15) is 5.10 Å². The molecule has 0 amide bonds. The lowest BCUT2D eigenvalue weighted by Crippen LogP contribution is -2.08. The fourth-order valence-corrected chi connectivity index (χ4v) is 2.01. The van der Waals surface area contributed by atoms with Gasteiger partial charge in [-0.1, -0.05) is 13.8 Å². The first kappa shape index (κ1) is 13.6. The van der Waals surface area contributed by atoms with E-state index in [1.165, 1.54) is 12.1 Å². The number of rotatable bonds is 6. The molecule has 4 heteroatoms. The molecule has 0 saturated heterocycles. The second-order valence-corrected chi connectivity index (χ2v) is 4.50. The summed E-state index contributed by atoms with van der Waals surface area (Å²) in [6.07, 6.45) is 4.12. The Morgan fingerprint density at radius 3 is 2.47 bits per heavy atom. The van der Waals surface area contributed by atoms with Crippen LogP contribution in [0.2, 0.25) is 0 Å². The number of ether oxygens (including phenoxy) is 1. The van der Waals surface area contributed by atoms with Crippen molar-refractivity contribution in [1.29, 1.82) is 0 Å². The van der Waals surface area contributed by atoms with E-state index in [-0.39, 0.29) is 5.82 Å². The Bertz CT molecular complexity index is 503. The van der Waals surface area contributed by atoms with Crippen LogP contribution >= 0.6 is 0 Å². The van der Waals surface area contributed by atoms with E-state index >= 15 is 0 Å². The molecule has 0 unspecified atom stereocenters. The van der Waals surface area contributed by atoms with Gasteiger partial charge in [0.2, 0.25) is 0 Å². The van der Waals surface area contributed by atoms with Crippen molar-refractivity contribution in [2.24, 2.45) is 0 Å². The second kappa shape index (κ2) is 6.36. The minimum atomic E-state index is -0.259. The van der Waals surface area contributed by atoms with Crippen molar-refractivity contribution < 1.29 is 9.13 Å².